The van der Waals surface area contributed by atoms with Gasteiger partial charge in [0, 0.05) is 11.8 Å². The van der Waals surface area contributed by atoms with Gasteiger partial charge in [0.1, 0.15) is 0 Å². The highest BCUT2D eigenvalue weighted by Crippen LogP contribution is 2.25. The highest BCUT2D eigenvalue weighted by atomic mass is 32.1. The van der Waals surface area contributed by atoms with Crippen molar-refractivity contribution in [3.8, 4) is 0 Å². The van der Waals surface area contributed by atoms with Gasteiger partial charge in [-0.1, -0.05) is 45.0 Å². The fourth-order valence-corrected chi connectivity index (χ4v) is 2.65. The van der Waals surface area contributed by atoms with Gasteiger partial charge in [0.2, 0.25) is 0 Å². The van der Waals surface area contributed by atoms with E-state index in [2.05, 4.69) is 37.9 Å². The van der Waals surface area contributed by atoms with Crippen LogP contribution in [0.1, 0.15) is 48.7 Å². The zero-order valence-electron chi connectivity index (χ0n) is 12.0. The monoisotopic (exact) mass is 275 g/mol. The minimum Gasteiger partial charge on any atom is -0.388 e. The molecule has 0 aliphatic carbocycles. The van der Waals surface area contributed by atoms with E-state index in [1.165, 1.54) is 5.56 Å². The number of hydrogen-bond donors (Lipinski definition) is 1. The first-order valence-electron chi connectivity index (χ1n) is 6.56. The van der Waals surface area contributed by atoms with Crippen LogP contribution in [0.5, 0.6) is 0 Å². The van der Waals surface area contributed by atoms with Gasteiger partial charge in [-0.05, 0) is 23.5 Å². The van der Waals surface area contributed by atoms with Crippen LogP contribution in [0.15, 0.2) is 29.6 Å². The standard InChI is InChI=1S/C16H21NOS/c1-11-17-14(10-19-11)9-15(18)12-5-7-13(8-6-12)16(2,3)4/h5-8,10,15,18H,9H2,1-4H3. The highest BCUT2D eigenvalue weighted by molar-refractivity contribution is 7.09. The van der Waals surface area contributed by atoms with Gasteiger partial charge < -0.3 is 5.11 Å². The SMILES string of the molecule is Cc1nc(CC(O)c2ccc(C(C)(C)C)cc2)cs1. The molecule has 1 atom stereocenters. The van der Waals surface area contributed by atoms with Crippen LogP contribution in [0.4, 0.5) is 0 Å². The predicted molar refractivity (Wildman–Crippen MR) is 80.7 cm³/mol. The number of aliphatic hydroxyl groups excluding tert-OH is 1. The quantitative estimate of drug-likeness (QED) is 0.917. The van der Waals surface area contributed by atoms with Gasteiger partial charge in [0.05, 0.1) is 16.8 Å². The molecule has 2 aromatic rings. The molecule has 0 aliphatic heterocycles. The normalized spacial score (nSPS) is 13.5. The second-order valence-electron chi connectivity index (χ2n) is 5.95. The Balaban J connectivity index is 2.09. The van der Waals surface area contributed by atoms with E-state index in [0.717, 1.165) is 16.3 Å². The summed E-state index contributed by atoms with van der Waals surface area (Å²) in [5, 5.41) is 13.3. The molecule has 0 amide bonds. The minimum atomic E-state index is -0.476. The molecule has 0 bridgehead atoms. The van der Waals surface area contributed by atoms with Crippen LogP contribution in [0.25, 0.3) is 0 Å². The van der Waals surface area contributed by atoms with Crippen molar-refractivity contribution in [3.63, 3.8) is 0 Å². The minimum absolute atomic E-state index is 0.148. The number of rotatable bonds is 3. The smallest absolute Gasteiger partial charge is 0.0897 e. The fourth-order valence-electron chi connectivity index (χ4n) is 2.02. The lowest BCUT2D eigenvalue weighted by Gasteiger charge is -2.20. The zero-order chi connectivity index (χ0) is 14.0. The van der Waals surface area contributed by atoms with Crippen LogP contribution in [-0.2, 0) is 11.8 Å². The number of hydrogen-bond acceptors (Lipinski definition) is 3. The van der Waals surface area contributed by atoms with Gasteiger partial charge >= 0.3 is 0 Å². The Bertz CT molecular complexity index is 537. The summed E-state index contributed by atoms with van der Waals surface area (Å²) in [5.41, 5.74) is 3.36. The maximum absolute atomic E-state index is 10.2. The molecule has 2 nitrogen and oxygen atoms in total. The Labute approximate surface area is 119 Å². The Morgan fingerprint density at radius 2 is 1.84 bits per heavy atom. The Morgan fingerprint density at radius 3 is 2.32 bits per heavy atom. The molecule has 0 radical (unpaired) electrons. The lowest BCUT2D eigenvalue weighted by atomic mass is 9.86. The topological polar surface area (TPSA) is 33.1 Å². The van der Waals surface area contributed by atoms with Crippen LogP contribution in [0, 0.1) is 6.92 Å². The number of thiazole rings is 1. The average Bonchev–Trinajstić information content (AvgIpc) is 2.74. The number of nitrogens with zero attached hydrogens (tertiary/aromatic N) is 1. The van der Waals surface area contributed by atoms with Crippen LogP contribution >= 0.6 is 11.3 Å². The summed E-state index contributed by atoms with van der Waals surface area (Å²) >= 11 is 1.63. The maximum Gasteiger partial charge on any atom is 0.0897 e. The number of aromatic nitrogens is 1. The van der Waals surface area contributed by atoms with E-state index in [4.69, 9.17) is 0 Å². The molecular weight excluding hydrogens is 254 g/mol. The molecule has 1 aromatic carbocycles. The molecule has 1 aromatic heterocycles. The van der Waals surface area contributed by atoms with Gasteiger partial charge in [-0.25, -0.2) is 4.98 Å². The molecule has 19 heavy (non-hydrogen) atoms. The van der Waals surface area contributed by atoms with Gasteiger partial charge in [0.25, 0.3) is 0 Å². The lowest BCUT2D eigenvalue weighted by Crippen LogP contribution is -2.11. The summed E-state index contributed by atoms with van der Waals surface area (Å²) in [6.07, 6.45) is 0.106. The Morgan fingerprint density at radius 1 is 1.21 bits per heavy atom. The van der Waals surface area contributed by atoms with Gasteiger partial charge in [-0.15, -0.1) is 11.3 Å². The van der Waals surface area contributed by atoms with E-state index >= 15 is 0 Å². The first-order valence-corrected chi connectivity index (χ1v) is 7.44. The molecule has 1 heterocycles. The van der Waals surface area contributed by atoms with Crippen molar-refractivity contribution in [3.05, 3.63) is 51.5 Å². The molecular formula is C16H21NOS. The van der Waals surface area contributed by atoms with Crippen LogP contribution in [0.2, 0.25) is 0 Å². The van der Waals surface area contributed by atoms with Crippen LogP contribution < -0.4 is 0 Å². The van der Waals surface area contributed by atoms with E-state index in [1.807, 2.05) is 24.4 Å². The number of benzene rings is 1. The molecule has 0 spiro atoms. The van der Waals surface area contributed by atoms with Crippen molar-refractivity contribution in [1.29, 1.82) is 0 Å². The highest BCUT2D eigenvalue weighted by Gasteiger charge is 2.15. The van der Waals surface area contributed by atoms with Crippen molar-refractivity contribution in [2.24, 2.45) is 0 Å². The summed E-state index contributed by atoms with van der Waals surface area (Å²) in [6, 6.07) is 8.24. The predicted octanol–water partition coefficient (Wildman–Crippen LogP) is 4.03. The third-order valence-corrected chi connectivity index (χ3v) is 4.05. The van der Waals surface area contributed by atoms with Crippen molar-refractivity contribution in [2.45, 2.75) is 45.6 Å². The van der Waals surface area contributed by atoms with Crippen LogP contribution in [0.3, 0.4) is 0 Å². The molecule has 1 N–H and O–H groups in total. The molecule has 1 unspecified atom stereocenters. The first kappa shape index (κ1) is 14.2. The summed E-state index contributed by atoms with van der Waals surface area (Å²) in [5.74, 6) is 0. The van der Waals surface area contributed by atoms with Gasteiger partial charge in [-0.2, -0.15) is 0 Å². The van der Waals surface area contributed by atoms with Crippen LogP contribution in [-0.4, -0.2) is 10.1 Å². The Hall–Kier alpha value is -1.19. The summed E-state index contributed by atoms with van der Waals surface area (Å²) in [6.45, 7) is 8.56. The maximum atomic E-state index is 10.2. The van der Waals surface area contributed by atoms with Crippen molar-refractivity contribution in [1.82, 2.24) is 4.98 Å². The molecule has 0 saturated heterocycles. The lowest BCUT2D eigenvalue weighted by molar-refractivity contribution is 0.177. The average molecular weight is 275 g/mol. The van der Waals surface area contributed by atoms with Crippen molar-refractivity contribution < 1.29 is 5.11 Å². The van der Waals surface area contributed by atoms with E-state index < -0.39 is 6.10 Å². The second kappa shape index (κ2) is 5.43. The number of aryl methyl sites for hydroxylation is 1. The molecule has 0 saturated carbocycles. The molecule has 0 aliphatic rings. The molecule has 3 heteroatoms. The molecule has 0 fully saturated rings. The summed E-state index contributed by atoms with van der Waals surface area (Å²) in [4.78, 5) is 4.39. The molecule has 2 rings (SSSR count). The summed E-state index contributed by atoms with van der Waals surface area (Å²) in [7, 11) is 0. The zero-order valence-corrected chi connectivity index (χ0v) is 12.8. The number of aliphatic hydroxyl groups is 1. The first-order chi connectivity index (χ1) is 8.86. The third-order valence-electron chi connectivity index (χ3n) is 3.23. The molecule has 102 valence electrons. The van der Waals surface area contributed by atoms with Gasteiger partial charge in [0.15, 0.2) is 0 Å². The van der Waals surface area contributed by atoms with E-state index in [9.17, 15) is 5.11 Å². The fraction of sp³-hybridized carbons (Fsp3) is 0.438. The van der Waals surface area contributed by atoms with Gasteiger partial charge in [-0.3, -0.25) is 0 Å². The van der Waals surface area contributed by atoms with E-state index in [1.54, 1.807) is 11.3 Å². The van der Waals surface area contributed by atoms with Crippen molar-refractivity contribution >= 4 is 11.3 Å². The third kappa shape index (κ3) is 3.64. The second-order valence-corrected chi connectivity index (χ2v) is 7.01. The largest absolute Gasteiger partial charge is 0.388 e. The van der Waals surface area contributed by atoms with E-state index in [-0.39, 0.29) is 5.41 Å². The van der Waals surface area contributed by atoms with E-state index in [0.29, 0.717) is 6.42 Å². The summed E-state index contributed by atoms with van der Waals surface area (Å²) < 4.78 is 0. The van der Waals surface area contributed by atoms with Crippen molar-refractivity contribution in [2.75, 3.05) is 0 Å². The Kier molecular flexibility index (Phi) is 4.07.